The molecule has 278 valence electrons. The van der Waals surface area contributed by atoms with Crippen LogP contribution in [0.2, 0.25) is 0 Å². The summed E-state index contributed by atoms with van der Waals surface area (Å²) in [6.45, 7) is 4.61. The van der Waals surface area contributed by atoms with E-state index in [1.165, 1.54) is 70.6 Å². The van der Waals surface area contributed by atoms with Gasteiger partial charge in [-0.25, -0.2) is 4.79 Å². The summed E-state index contributed by atoms with van der Waals surface area (Å²) >= 11 is 0. The molecule has 0 spiro atoms. The number of rotatable bonds is 33. The molecular formula is C40H72NO7+. The lowest BCUT2D eigenvalue weighted by Crippen LogP contribution is -2.50. The van der Waals surface area contributed by atoms with Gasteiger partial charge in [0.2, 0.25) is 0 Å². The Morgan fingerprint density at radius 1 is 0.625 bits per heavy atom. The average Bonchev–Trinajstić information content (AvgIpc) is 3.03. The van der Waals surface area contributed by atoms with Crippen molar-refractivity contribution in [3.05, 3.63) is 36.5 Å². The highest BCUT2D eigenvalue weighted by Crippen LogP contribution is 2.12. The number of likely N-dealkylation sites (N-methyl/N-ethyl adjacent to an activating group) is 1. The molecule has 0 saturated carbocycles. The number of carbonyl (C=O) groups excluding carboxylic acids is 2. The van der Waals surface area contributed by atoms with Crippen molar-refractivity contribution in [2.45, 2.75) is 161 Å². The first-order valence-corrected chi connectivity index (χ1v) is 19.0. The van der Waals surface area contributed by atoms with Crippen molar-refractivity contribution >= 4 is 17.9 Å². The fourth-order valence-electron chi connectivity index (χ4n) is 5.28. The maximum absolute atomic E-state index is 12.6. The lowest BCUT2D eigenvalue weighted by atomic mass is 10.1. The van der Waals surface area contributed by atoms with Gasteiger partial charge in [0.25, 0.3) is 0 Å². The second-order valence-electron chi connectivity index (χ2n) is 13.8. The van der Waals surface area contributed by atoms with Gasteiger partial charge < -0.3 is 23.8 Å². The molecule has 2 atom stereocenters. The fraction of sp³-hybridized carbons (Fsp3) is 0.775. The summed E-state index contributed by atoms with van der Waals surface area (Å²) in [5.74, 6) is -1.55. The first-order chi connectivity index (χ1) is 23.1. The van der Waals surface area contributed by atoms with Crippen LogP contribution in [-0.4, -0.2) is 80.6 Å². The number of allylic oxidation sites excluding steroid dienone is 6. The molecule has 0 aliphatic rings. The predicted molar refractivity (Wildman–Crippen MR) is 197 cm³/mol. The molecule has 0 heterocycles. The second kappa shape index (κ2) is 31.8. The predicted octanol–water partition coefficient (Wildman–Crippen LogP) is 9.52. The van der Waals surface area contributed by atoms with Gasteiger partial charge in [0.15, 0.2) is 12.1 Å². The van der Waals surface area contributed by atoms with Crippen LogP contribution in [0, 0.1) is 0 Å². The Labute approximate surface area is 293 Å². The van der Waals surface area contributed by atoms with Gasteiger partial charge in [-0.2, -0.15) is 0 Å². The Bertz CT molecular complexity index is 891. The van der Waals surface area contributed by atoms with Gasteiger partial charge >= 0.3 is 17.9 Å². The van der Waals surface area contributed by atoms with E-state index in [0.29, 0.717) is 19.3 Å². The van der Waals surface area contributed by atoms with Crippen LogP contribution < -0.4 is 0 Å². The van der Waals surface area contributed by atoms with Gasteiger partial charge in [-0.05, 0) is 44.9 Å². The number of unbranched alkanes of at least 4 members (excludes halogenated alkanes) is 13. The molecule has 0 radical (unpaired) electrons. The molecule has 0 bridgehead atoms. The van der Waals surface area contributed by atoms with Gasteiger partial charge in [-0.3, -0.25) is 9.59 Å². The van der Waals surface area contributed by atoms with Crippen LogP contribution in [0.3, 0.4) is 0 Å². The summed E-state index contributed by atoms with van der Waals surface area (Å²) in [4.78, 5) is 36.6. The van der Waals surface area contributed by atoms with E-state index < -0.39 is 18.1 Å². The molecule has 0 aliphatic heterocycles. The van der Waals surface area contributed by atoms with Crippen molar-refractivity contribution in [3.63, 3.8) is 0 Å². The molecule has 0 amide bonds. The van der Waals surface area contributed by atoms with Crippen molar-refractivity contribution in [1.29, 1.82) is 0 Å². The fourth-order valence-corrected chi connectivity index (χ4v) is 5.28. The Balaban J connectivity index is 4.47. The van der Waals surface area contributed by atoms with Gasteiger partial charge in [-0.1, -0.05) is 121 Å². The average molecular weight is 679 g/mol. The third kappa shape index (κ3) is 29.7. The first-order valence-electron chi connectivity index (χ1n) is 19.0. The zero-order chi connectivity index (χ0) is 35.7. The zero-order valence-electron chi connectivity index (χ0n) is 31.4. The number of hydrogen-bond donors (Lipinski definition) is 1. The Hall–Kier alpha value is -2.45. The molecular weight excluding hydrogens is 606 g/mol. The van der Waals surface area contributed by atoms with E-state index >= 15 is 0 Å². The van der Waals surface area contributed by atoms with Crippen molar-refractivity contribution in [3.8, 4) is 0 Å². The van der Waals surface area contributed by atoms with E-state index in [9.17, 15) is 19.5 Å². The van der Waals surface area contributed by atoms with Crippen LogP contribution in [0.15, 0.2) is 36.5 Å². The minimum absolute atomic E-state index is 0.0421. The molecule has 0 aliphatic carbocycles. The van der Waals surface area contributed by atoms with Crippen LogP contribution in [0.1, 0.15) is 149 Å². The minimum atomic E-state index is -0.885. The Morgan fingerprint density at radius 2 is 1.12 bits per heavy atom. The lowest BCUT2D eigenvalue weighted by molar-refractivity contribution is -0.887. The third-order valence-electron chi connectivity index (χ3n) is 8.29. The number of esters is 2. The number of nitrogens with zero attached hydrogens (tertiary/aromatic N) is 1. The number of carbonyl (C=O) groups is 3. The van der Waals surface area contributed by atoms with Gasteiger partial charge in [-0.15, -0.1) is 0 Å². The molecule has 8 heteroatoms. The maximum Gasteiger partial charge on any atom is 0.362 e. The van der Waals surface area contributed by atoms with Crippen LogP contribution >= 0.6 is 0 Å². The van der Waals surface area contributed by atoms with E-state index in [4.69, 9.17) is 14.2 Å². The molecule has 1 N–H and O–H groups in total. The molecule has 8 nitrogen and oxygen atoms in total. The summed E-state index contributed by atoms with van der Waals surface area (Å²) in [5.41, 5.74) is 0. The molecule has 0 saturated heterocycles. The normalized spacial score (nSPS) is 13.4. The van der Waals surface area contributed by atoms with Crippen LogP contribution in [0.25, 0.3) is 0 Å². The standard InChI is InChI=1S/C40H71NO7/c1-6-8-10-12-14-15-16-17-18-19-20-21-22-23-25-27-29-31-39(43)48-36(34-46-33-32-37(40(44)45)41(3,4)5)35-47-38(42)30-28-26-24-13-11-9-7-2/h17-18,20-21,23,25,36-37H,6-16,19,22,24,26-35H2,1-5H3/p+1/b18-17+,21-20+,25-23+. The number of carboxylic acid groups (broad SMARTS) is 1. The highest BCUT2D eigenvalue weighted by Gasteiger charge is 2.31. The third-order valence-corrected chi connectivity index (χ3v) is 8.29. The quantitative estimate of drug-likeness (QED) is 0.0319. The van der Waals surface area contributed by atoms with Crippen molar-refractivity contribution in [2.24, 2.45) is 0 Å². The van der Waals surface area contributed by atoms with Gasteiger partial charge in [0.1, 0.15) is 6.61 Å². The molecule has 0 aromatic rings. The van der Waals surface area contributed by atoms with Crippen LogP contribution in [0.5, 0.6) is 0 Å². The Kier molecular flexibility index (Phi) is 30.2. The van der Waals surface area contributed by atoms with Gasteiger partial charge in [0.05, 0.1) is 34.4 Å². The highest BCUT2D eigenvalue weighted by atomic mass is 16.6. The number of hydrogen-bond acceptors (Lipinski definition) is 6. The van der Waals surface area contributed by atoms with E-state index in [2.05, 4.69) is 50.3 Å². The summed E-state index contributed by atoms with van der Waals surface area (Å²) in [6, 6.07) is -0.620. The molecule has 0 aromatic heterocycles. The first kappa shape index (κ1) is 45.6. The van der Waals surface area contributed by atoms with Crippen molar-refractivity contribution in [1.82, 2.24) is 0 Å². The van der Waals surface area contributed by atoms with E-state index in [1.54, 1.807) is 0 Å². The largest absolute Gasteiger partial charge is 0.477 e. The van der Waals surface area contributed by atoms with E-state index in [-0.39, 0.29) is 42.7 Å². The summed E-state index contributed by atoms with van der Waals surface area (Å²) in [5, 5.41) is 9.56. The minimum Gasteiger partial charge on any atom is -0.477 e. The summed E-state index contributed by atoms with van der Waals surface area (Å²) in [6.07, 6.45) is 33.5. The second-order valence-corrected chi connectivity index (χ2v) is 13.8. The number of quaternary nitrogens is 1. The van der Waals surface area contributed by atoms with Crippen LogP contribution in [0.4, 0.5) is 0 Å². The van der Waals surface area contributed by atoms with Gasteiger partial charge in [0, 0.05) is 19.3 Å². The summed E-state index contributed by atoms with van der Waals surface area (Å²) < 4.78 is 17.1. The topological polar surface area (TPSA) is 99.1 Å². The molecule has 0 fully saturated rings. The van der Waals surface area contributed by atoms with Crippen molar-refractivity contribution in [2.75, 3.05) is 41.0 Å². The number of carboxylic acids is 1. The molecule has 48 heavy (non-hydrogen) atoms. The number of ether oxygens (including phenoxy) is 3. The monoisotopic (exact) mass is 679 g/mol. The maximum atomic E-state index is 12.6. The Morgan fingerprint density at radius 3 is 1.69 bits per heavy atom. The summed E-state index contributed by atoms with van der Waals surface area (Å²) in [7, 11) is 5.49. The van der Waals surface area contributed by atoms with Crippen LogP contribution in [-0.2, 0) is 28.6 Å². The SMILES string of the molecule is CCCCCCCC/C=C/C/C=C/C/C=C/CCCC(=O)OC(COCCC(C(=O)O)[N+](C)(C)C)COC(=O)CCCCCCCCC. The van der Waals surface area contributed by atoms with E-state index in [0.717, 1.165) is 38.5 Å². The molecule has 0 rings (SSSR count). The smallest absolute Gasteiger partial charge is 0.362 e. The van der Waals surface area contributed by atoms with E-state index in [1.807, 2.05) is 21.1 Å². The molecule has 2 unspecified atom stereocenters. The highest BCUT2D eigenvalue weighted by molar-refractivity contribution is 5.72. The lowest BCUT2D eigenvalue weighted by Gasteiger charge is -2.31. The zero-order valence-corrected chi connectivity index (χ0v) is 31.4. The van der Waals surface area contributed by atoms with Crippen molar-refractivity contribution < 1.29 is 38.2 Å². The molecule has 0 aromatic carbocycles. The number of aliphatic carboxylic acids is 1.